The smallest absolute Gasteiger partial charge is 0.368 e. The number of rotatable bonds is 3. The minimum Gasteiger partial charge on any atom is -0.368 e. The number of anilines is 2. The standard InChI is InChI=1S/C22H21F3N4O/c23-22(24,25)18-5-6-19(17(13-18)14-26)28-11-9-27(10-12-28)15-21(30)29-8-7-16-3-1-2-4-20(16)29/h1-6,13H,7-12,15H2. The van der Waals surface area contributed by atoms with E-state index in [0.717, 1.165) is 24.2 Å². The molecule has 30 heavy (non-hydrogen) atoms. The molecule has 0 bridgehead atoms. The average Bonchev–Trinajstić information content (AvgIpc) is 3.17. The topological polar surface area (TPSA) is 50.6 Å². The number of carbonyl (C=O) groups is 1. The number of piperazine rings is 1. The van der Waals surface area contributed by atoms with E-state index >= 15 is 0 Å². The molecular weight excluding hydrogens is 393 g/mol. The molecule has 1 fully saturated rings. The van der Waals surface area contributed by atoms with E-state index < -0.39 is 11.7 Å². The van der Waals surface area contributed by atoms with Gasteiger partial charge in [-0.2, -0.15) is 18.4 Å². The molecule has 0 unspecified atom stereocenters. The van der Waals surface area contributed by atoms with Gasteiger partial charge < -0.3 is 9.80 Å². The minimum atomic E-state index is -4.47. The van der Waals surface area contributed by atoms with Gasteiger partial charge in [0.2, 0.25) is 5.91 Å². The molecule has 4 rings (SSSR count). The van der Waals surface area contributed by atoms with Gasteiger partial charge in [0.15, 0.2) is 0 Å². The van der Waals surface area contributed by atoms with Crippen molar-refractivity contribution >= 4 is 17.3 Å². The molecule has 2 aromatic carbocycles. The second-order valence-electron chi connectivity index (χ2n) is 7.53. The summed E-state index contributed by atoms with van der Waals surface area (Å²) in [6.07, 6.45) is -3.61. The maximum absolute atomic E-state index is 12.9. The van der Waals surface area contributed by atoms with Crippen molar-refractivity contribution in [1.82, 2.24) is 4.90 Å². The summed E-state index contributed by atoms with van der Waals surface area (Å²) in [6.45, 7) is 3.30. The molecule has 156 valence electrons. The normalized spacial score (nSPS) is 17.0. The maximum atomic E-state index is 12.9. The number of para-hydroxylation sites is 1. The zero-order valence-electron chi connectivity index (χ0n) is 16.3. The van der Waals surface area contributed by atoms with Crippen molar-refractivity contribution in [2.75, 3.05) is 49.1 Å². The van der Waals surface area contributed by atoms with Crippen molar-refractivity contribution < 1.29 is 18.0 Å². The summed E-state index contributed by atoms with van der Waals surface area (Å²) in [5.41, 5.74) is 1.86. The quantitative estimate of drug-likeness (QED) is 0.774. The maximum Gasteiger partial charge on any atom is 0.416 e. The zero-order valence-corrected chi connectivity index (χ0v) is 16.3. The molecule has 5 nitrogen and oxygen atoms in total. The molecule has 8 heteroatoms. The summed E-state index contributed by atoms with van der Waals surface area (Å²) in [4.78, 5) is 18.6. The van der Waals surface area contributed by atoms with Gasteiger partial charge in [-0.1, -0.05) is 18.2 Å². The molecule has 0 aromatic heterocycles. The van der Waals surface area contributed by atoms with Crippen LogP contribution in [0, 0.1) is 11.3 Å². The fourth-order valence-electron chi connectivity index (χ4n) is 4.10. The van der Waals surface area contributed by atoms with E-state index in [2.05, 4.69) is 4.90 Å². The Morgan fingerprint density at radius 2 is 1.73 bits per heavy atom. The van der Waals surface area contributed by atoms with Gasteiger partial charge in [-0.05, 0) is 36.2 Å². The lowest BCUT2D eigenvalue weighted by atomic mass is 10.1. The summed E-state index contributed by atoms with van der Waals surface area (Å²) < 4.78 is 38.7. The predicted octanol–water partition coefficient (Wildman–Crippen LogP) is 3.29. The fourth-order valence-corrected chi connectivity index (χ4v) is 4.10. The number of alkyl halides is 3. The van der Waals surface area contributed by atoms with Gasteiger partial charge in [-0.25, -0.2) is 0 Å². The van der Waals surface area contributed by atoms with E-state index in [1.807, 2.05) is 40.1 Å². The van der Waals surface area contributed by atoms with Crippen LogP contribution in [0.25, 0.3) is 0 Å². The number of nitriles is 1. The lowest BCUT2D eigenvalue weighted by Crippen LogP contribution is -2.50. The number of nitrogens with zero attached hydrogens (tertiary/aromatic N) is 4. The van der Waals surface area contributed by atoms with Gasteiger partial charge in [-0.15, -0.1) is 0 Å². The number of hydrogen-bond acceptors (Lipinski definition) is 4. The highest BCUT2D eigenvalue weighted by Gasteiger charge is 2.32. The summed E-state index contributed by atoms with van der Waals surface area (Å²) in [5, 5.41) is 9.31. The number of benzene rings is 2. The molecule has 2 aliphatic rings. The van der Waals surface area contributed by atoms with Crippen LogP contribution in [0.15, 0.2) is 42.5 Å². The Morgan fingerprint density at radius 1 is 1.00 bits per heavy atom. The largest absolute Gasteiger partial charge is 0.416 e. The molecule has 0 radical (unpaired) electrons. The molecule has 0 spiro atoms. The lowest BCUT2D eigenvalue weighted by Gasteiger charge is -2.36. The number of fused-ring (bicyclic) bond motifs is 1. The van der Waals surface area contributed by atoms with Crippen LogP contribution in [-0.4, -0.2) is 50.1 Å². The van der Waals surface area contributed by atoms with Crippen LogP contribution in [-0.2, 0) is 17.4 Å². The molecule has 0 saturated carbocycles. The van der Waals surface area contributed by atoms with Gasteiger partial charge in [0.1, 0.15) is 6.07 Å². The van der Waals surface area contributed by atoms with Gasteiger partial charge in [0.25, 0.3) is 0 Å². The Hall–Kier alpha value is -3.05. The highest BCUT2D eigenvalue weighted by Crippen LogP contribution is 2.33. The first-order valence-corrected chi connectivity index (χ1v) is 9.84. The summed E-state index contributed by atoms with van der Waals surface area (Å²) >= 11 is 0. The van der Waals surface area contributed by atoms with Crippen molar-refractivity contribution in [3.8, 4) is 6.07 Å². The Balaban J connectivity index is 1.38. The number of amides is 1. The van der Waals surface area contributed by atoms with Crippen molar-refractivity contribution in [3.63, 3.8) is 0 Å². The first-order chi connectivity index (χ1) is 14.4. The number of carbonyl (C=O) groups excluding carboxylic acids is 1. The number of hydrogen-bond donors (Lipinski definition) is 0. The van der Waals surface area contributed by atoms with E-state index in [4.69, 9.17) is 0 Å². The van der Waals surface area contributed by atoms with E-state index in [1.54, 1.807) is 0 Å². The Labute approximate surface area is 172 Å². The molecule has 1 saturated heterocycles. The SMILES string of the molecule is N#Cc1cc(C(F)(F)F)ccc1N1CCN(CC(=O)N2CCc3ccccc32)CC1. The van der Waals surface area contributed by atoms with Crippen LogP contribution >= 0.6 is 0 Å². The van der Waals surface area contributed by atoms with Gasteiger partial charge in [0, 0.05) is 38.4 Å². The third kappa shape index (κ3) is 3.98. The van der Waals surface area contributed by atoms with Gasteiger partial charge in [0.05, 0.1) is 23.4 Å². The molecule has 0 aliphatic carbocycles. The molecule has 2 aromatic rings. The third-order valence-electron chi connectivity index (χ3n) is 5.70. The van der Waals surface area contributed by atoms with Crippen LogP contribution in [0.2, 0.25) is 0 Å². The first kappa shape index (κ1) is 20.2. The Kier molecular flexibility index (Phi) is 5.39. The van der Waals surface area contributed by atoms with E-state index in [0.29, 0.717) is 45.0 Å². The minimum absolute atomic E-state index is 0.0167. The third-order valence-corrected chi connectivity index (χ3v) is 5.70. The Bertz CT molecular complexity index is 991. The lowest BCUT2D eigenvalue weighted by molar-refractivity contribution is -0.137. The zero-order chi connectivity index (χ0) is 21.3. The molecule has 1 amide bonds. The van der Waals surface area contributed by atoms with Crippen LogP contribution < -0.4 is 9.80 Å². The fraction of sp³-hybridized carbons (Fsp3) is 0.364. The van der Waals surface area contributed by atoms with E-state index in [9.17, 15) is 23.2 Å². The predicted molar refractivity (Wildman–Crippen MR) is 107 cm³/mol. The Morgan fingerprint density at radius 3 is 2.43 bits per heavy atom. The van der Waals surface area contributed by atoms with E-state index in [-0.39, 0.29) is 11.5 Å². The second-order valence-corrected chi connectivity index (χ2v) is 7.53. The average molecular weight is 414 g/mol. The molecule has 2 aliphatic heterocycles. The van der Waals surface area contributed by atoms with Crippen LogP contribution in [0.1, 0.15) is 16.7 Å². The van der Waals surface area contributed by atoms with Crippen molar-refractivity contribution in [1.29, 1.82) is 5.26 Å². The molecule has 0 N–H and O–H groups in total. The van der Waals surface area contributed by atoms with Crippen molar-refractivity contribution in [3.05, 3.63) is 59.2 Å². The number of halogens is 3. The van der Waals surface area contributed by atoms with Crippen LogP contribution in [0.3, 0.4) is 0 Å². The van der Waals surface area contributed by atoms with Gasteiger partial charge in [-0.3, -0.25) is 9.69 Å². The highest BCUT2D eigenvalue weighted by atomic mass is 19.4. The highest BCUT2D eigenvalue weighted by molar-refractivity contribution is 5.96. The van der Waals surface area contributed by atoms with Gasteiger partial charge >= 0.3 is 6.18 Å². The van der Waals surface area contributed by atoms with Crippen LogP contribution in [0.4, 0.5) is 24.5 Å². The van der Waals surface area contributed by atoms with E-state index in [1.165, 1.54) is 11.6 Å². The van der Waals surface area contributed by atoms with Crippen molar-refractivity contribution in [2.24, 2.45) is 0 Å². The summed E-state index contributed by atoms with van der Waals surface area (Å²) in [6, 6.07) is 13.1. The molecule has 0 atom stereocenters. The molecule has 2 heterocycles. The van der Waals surface area contributed by atoms with Crippen molar-refractivity contribution in [2.45, 2.75) is 12.6 Å². The molecular formula is C22H21F3N4O. The first-order valence-electron chi connectivity index (χ1n) is 9.84. The summed E-state index contributed by atoms with van der Waals surface area (Å²) in [5.74, 6) is 0.0562. The second kappa shape index (κ2) is 8.00. The monoisotopic (exact) mass is 414 g/mol. The van der Waals surface area contributed by atoms with Crippen LogP contribution in [0.5, 0.6) is 0 Å². The summed E-state index contributed by atoms with van der Waals surface area (Å²) in [7, 11) is 0.